The molecule has 0 aromatic carbocycles. The molecule has 4 nitrogen and oxygen atoms in total. The van der Waals surface area contributed by atoms with Crippen molar-refractivity contribution in [1.29, 1.82) is 0 Å². The van der Waals surface area contributed by atoms with Crippen LogP contribution in [0.3, 0.4) is 0 Å². The molecule has 2 aromatic rings. The maximum absolute atomic E-state index is 13.4. The lowest BCUT2D eigenvalue weighted by Gasteiger charge is -2.22. The van der Waals surface area contributed by atoms with Crippen LogP contribution in [0.2, 0.25) is 0 Å². The van der Waals surface area contributed by atoms with Crippen LogP contribution in [-0.4, -0.2) is 23.1 Å². The van der Waals surface area contributed by atoms with Crippen molar-refractivity contribution >= 4 is 5.82 Å². The Hall–Kier alpha value is -2.01. The number of aromatic nitrogens is 2. The molecule has 112 valence electrons. The highest BCUT2D eigenvalue weighted by Crippen LogP contribution is 2.19. The van der Waals surface area contributed by atoms with E-state index in [-0.39, 0.29) is 5.82 Å². The largest absolute Gasteiger partial charge is 0.355 e. The fraction of sp³-hybridized carbons (Fsp3) is 0.375. The number of halogens is 1. The fourth-order valence-electron chi connectivity index (χ4n) is 2.10. The zero-order valence-electron chi connectivity index (χ0n) is 12.7. The van der Waals surface area contributed by atoms with Gasteiger partial charge in [0.1, 0.15) is 11.6 Å². The van der Waals surface area contributed by atoms with Crippen molar-refractivity contribution in [3.05, 3.63) is 53.7 Å². The number of nitrogens with zero attached hydrogens (tertiary/aromatic N) is 3. The Morgan fingerprint density at radius 2 is 2.00 bits per heavy atom. The highest BCUT2D eigenvalue weighted by Gasteiger charge is 2.11. The topological polar surface area (TPSA) is 41.1 Å². The standard InChI is InChI=1S/C16H21FN4/c1-12(2)19-9-14-8-15(17)10-20-16(14)21(3)11-13-4-6-18-7-5-13/h4-8,10,12,19H,9,11H2,1-3H3. The Balaban J connectivity index is 2.17. The molecule has 0 bridgehead atoms. The molecule has 0 atom stereocenters. The van der Waals surface area contributed by atoms with E-state index >= 15 is 0 Å². The van der Waals surface area contributed by atoms with Gasteiger partial charge in [-0.05, 0) is 23.8 Å². The van der Waals surface area contributed by atoms with Crippen LogP contribution in [0.25, 0.3) is 0 Å². The summed E-state index contributed by atoms with van der Waals surface area (Å²) in [5, 5.41) is 3.30. The normalized spacial score (nSPS) is 10.9. The third kappa shape index (κ3) is 4.49. The molecule has 5 heteroatoms. The fourth-order valence-corrected chi connectivity index (χ4v) is 2.10. The molecule has 0 spiro atoms. The Kier molecular flexibility index (Phi) is 5.22. The molecule has 0 aliphatic rings. The van der Waals surface area contributed by atoms with Gasteiger partial charge in [-0.3, -0.25) is 4.98 Å². The minimum absolute atomic E-state index is 0.309. The Morgan fingerprint density at radius 3 is 2.67 bits per heavy atom. The summed E-state index contributed by atoms with van der Waals surface area (Å²) in [6.07, 6.45) is 4.79. The Labute approximate surface area is 125 Å². The number of nitrogens with one attached hydrogen (secondary N) is 1. The molecular weight excluding hydrogens is 267 g/mol. The summed E-state index contributed by atoms with van der Waals surface area (Å²) in [6.45, 7) is 5.43. The van der Waals surface area contributed by atoms with Crippen molar-refractivity contribution in [2.75, 3.05) is 11.9 Å². The summed E-state index contributed by atoms with van der Waals surface area (Å²) >= 11 is 0. The lowest BCUT2D eigenvalue weighted by Crippen LogP contribution is -2.25. The van der Waals surface area contributed by atoms with Crippen molar-refractivity contribution in [3.8, 4) is 0 Å². The molecule has 0 amide bonds. The lowest BCUT2D eigenvalue weighted by atomic mass is 10.2. The summed E-state index contributed by atoms with van der Waals surface area (Å²) < 4.78 is 13.4. The van der Waals surface area contributed by atoms with E-state index in [9.17, 15) is 4.39 Å². The van der Waals surface area contributed by atoms with Crippen LogP contribution in [0, 0.1) is 5.82 Å². The SMILES string of the molecule is CC(C)NCc1cc(F)cnc1N(C)Cc1ccncc1. The van der Waals surface area contributed by atoms with Gasteiger partial charge < -0.3 is 10.2 Å². The molecule has 1 N–H and O–H groups in total. The minimum Gasteiger partial charge on any atom is -0.355 e. The molecule has 0 aliphatic heterocycles. The lowest BCUT2D eigenvalue weighted by molar-refractivity contribution is 0.577. The quantitative estimate of drug-likeness (QED) is 0.887. The van der Waals surface area contributed by atoms with Crippen molar-refractivity contribution < 1.29 is 4.39 Å². The highest BCUT2D eigenvalue weighted by molar-refractivity contribution is 5.46. The van der Waals surface area contributed by atoms with Gasteiger partial charge in [-0.15, -0.1) is 0 Å². The van der Waals surface area contributed by atoms with E-state index < -0.39 is 0 Å². The van der Waals surface area contributed by atoms with Gasteiger partial charge in [-0.2, -0.15) is 0 Å². The molecular formula is C16H21FN4. The second-order valence-electron chi connectivity index (χ2n) is 5.38. The Bertz CT molecular complexity index is 572. The first kappa shape index (κ1) is 15.4. The van der Waals surface area contributed by atoms with Crippen LogP contribution >= 0.6 is 0 Å². The second-order valence-corrected chi connectivity index (χ2v) is 5.38. The number of pyridine rings is 2. The average Bonchev–Trinajstić information content (AvgIpc) is 2.46. The van der Waals surface area contributed by atoms with Gasteiger partial charge in [0.05, 0.1) is 6.20 Å². The van der Waals surface area contributed by atoms with Crippen LogP contribution in [0.4, 0.5) is 10.2 Å². The van der Waals surface area contributed by atoms with Gasteiger partial charge in [0, 0.05) is 44.1 Å². The smallest absolute Gasteiger partial charge is 0.141 e. The van der Waals surface area contributed by atoms with E-state index in [2.05, 4.69) is 29.1 Å². The summed E-state index contributed by atoms with van der Waals surface area (Å²) in [6, 6.07) is 5.81. The average molecular weight is 288 g/mol. The number of anilines is 1. The first-order chi connectivity index (χ1) is 10.1. The molecule has 0 radical (unpaired) electrons. The van der Waals surface area contributed by atoms with E-state index in [1.807, 2.05) is 24.1 Å². The monoisotopic (exact) mass is 288 g/mol. The molecule has 0 aliphatic carbocycles. The molecule has 0 unspecified atom stereocenters. The maximum Gasteiger partial charge on any atom is 0.141 e. The minimum atomic E-state index is -0.309. The van der Waals surface area contributed by atoms with Gasteiger partial charge >= 0.3 is 0 Å². The number of hydrogen-bond donors (Lipinski definition) is 1. The molecule has 2 heterocycles. The predicted octanol–water partition coefficient (Wildman–Crippen LogP) is 2.75. The second kappa shape index (κ2) is 7.13. The van der Waals surface area contributed by atoms with Crippen LogP contribution in [0.15, 0.2) is 36.8 Å². The van der Waals surface area contributed by atoms with Crippen LogP contribution in [0.1, 0.15) is 25.0 Å². The summed E-state index contributed by atoms with van der Waals surface area (Å²) in [7, 11) is 1.96. The molecule has 2 aromatic heterocycles. The predicted molar refractivity (Wildman–Crippen MR) is 82.5 cm³/mol. The van der Waals surface area contributed by atoms with Crippen molar-refractivity contribution in [2.24, 2.45) is 0 Å². The van der Waals surface area contributed by atoms with E-state index in [0.29, 0.717) is 19.1 Å². The summed E-state index contributed by atoms with van der Waals surface area (Å²) in [5.41, 5.74) is 2.00. The zero-order chi connectivity index (χ0) is 15.2. The summed E-state index contributed by atoms with van der Waals surface area (Å²) in [5.74, 6) is 0.484. The number of hydrogen-bond acceptors (Lipinski definition) is 4. The van der Waals surface area contributed by atoms with Crippen molar-refractivity contribution in [3.63, 3.8) is 0 Å². The van der Waals surface area contributed by atoms with Gasteiger partial charge in [0.25, 0.3) is 0 Å². The Morgan fingerprint density at radius 1 is 1.29 bits per heavy atom. The molecule has 0 saturated carbocycles. The van der Waals surface area contributed by atoms with Gasteiger partial charge in [-0.25, -0.2) is 9.37 Å². The van der Waals surface area contributed by atoms with E-state index in [1.165, 1.54) is 6.20 Å². The van der Waals surface area contributed by atoms with Crippen molar-refractivity contribution in [2.45, 2.75) is 33.0 Å². The van der Waals surface area contributed by atoms with Gasteiger partial charge in [0.15, 0.2) is 0 Å². The first-order valence-corrected chi connectivity index (χ1v) is 7.04. The number of rotatable bonds is 6. The van der Waals surface area contributed by atoms with Crippen LogP contribution in [-0.2, 0) is 13.1 Å². The third-order valence-corrected chi connectivity index (χ3v) is 3.14. The van der Waals surface area contributed by atoms with Gasteiger partial charge in [-0.1, -0.05) is 13.8 Å². The highest BCUT2D eigenvalue weighted by atomic mass is 19.1. The zero-order valence-corrected chi connectivity index (χ0v) is 12.7. The maximum atomic E-state index is 13.4. The third-order valence-electron chi connectivity index (χ3n) is 3.14. The summed E-state index contributed by atoms with van der Waals surface area (Å²) in [4.78, 5) is 10.3. The van der Waals surface area contributed by atoms with Crippen LogP contribution in [0.5, 0.6) is 0 Å². The molecule has 0 saturated heterocycles. The van der Waals surface area contributed by atoms with E-state index in [0.717, 1.165) is 16.9 Å². The van der Waals surface area contributed by atoms with Crippen LogP contribution < -0.4 is 10.2 Å². The first-order valence-electron chi connectivity index (χ1n) is 7.04. The van der Waals surface area contributed by atoms with E-state index in [4.69, 9.17) is 0 Å². The van der Waals surface area contributed by atoms with Crippen molar-refractivity contribution in [1.82, 2.24) is 15.3 Å². The van der Waals surface area contributed by atoms with Gasteiger partial charge in [0.2, 0.25) is 0 Å². The molecule has 0 fully saturated rings. The van der Waals surface area contributed by atoms with E-state index in [1.54, 1.807) is 18.5 Å². The molecule has 2 rings (SSSR count). The molecule has 21 heavy (non-hydrogen) atoms.